The minimum Gasteiger partial charge on any atom is -0.489 e. The van der Waals surface area contributed by atoms with E-state index < -0.39 is 0 Å². The molecule has 0 heterocycles. The molecule has 2 rings (SSSR count). The van der Waals surface area contributed by atoms with Crippen molar-refractivity contribution < 1.29 is 14.3 Å². The van der Waals surface area contributed by atoms with Crippen molar-refractivity contribution in [3.63, 3.8) is 0 Å². The Labute approximate surface area is 147 Å². The molecular weight excluding hydrogens is 326 g/mol. The zero-order valence-electron chi connectivity index (χ0n) is 13.5. The second-order valence-electron chi connectivity index (χ2n) is 5.16. The topological polar surface area (TPSA) is 47.6 Å². The van der Waals surface area contributed by atoms with Crippen molar-refractivity contribution in [3.8, 4) is 11.5 Å². The van der Waals surface area contributed by atoms with Gasteiger partial charge in [-0.2, -0.15) is 0 Å². The summed E-state index contributed by atoms with van der Waals surface area (Å²) < 4.78 is 11.3. The molecule has 0 atom stereocenters. The van der Waals surface area contributed by atoms with Crippen LogP contribution >= 0.6 is 11.6 Å². The van der Waals surface area contributed by atoms with Gasteiger partial charge in [-0.1, -0.05) is 37.2 Å². The third-order valence-electron chi connectivity index (χ3n) is 3.21. The molecule has 2 aromatic rings. The van der Waals surface area contributed by atoms with Gasteiger partial charge in [0.25, 0.3) is 0 Å². The van der Waals surface area contributed by atoms with Gasteiger partial charge in [0.05, 0.1) is 6.54 Å². The summed E-state index contributed by atoms with van der Waals surface area (Å²) in [5.41, 5.74) is 1.02. The molecule has 1 amide bonds. The van der Waals surface area contributed by atoms with Crippen LogP contribution in [0, 0.1) is 0 Å². The van der Waals surface area contributed by atoms with Crippen LogP contribution in [0.3, 0.4) is 0 Å². The fraction of sp³-hybridized carbons (Fsp3) is 0.211. The molecule has 126 valence electrons. The van der Waals surface area contributed by atoms with Crippen molar-refractivity contribution >= 4 is 17.5 Å². The summed E-state index contributed by atoms with van der Waals surface area (Å²) in [7, 11) is 0. The predicted molar refractivity (Wildman–Crippen MR) is 95.3 cm³/mol. The van der Waals surface area contributed by atoms with Gasteiger partial charge in [-0.05, 0) is 42.0 Å². The fourth-order valence-electron chi connectivity index (χ4n) is 1.88. The maximum Gasteiger partial charge on any atom is 0.220 e. The highest BCUT2D eigenvalue weighted by atomic mass is 35.5. The Hall–Kier alpha value is -2.46. The molecule has 0 aliphatic carbocycles. The summed E-state index contributed by atoms with van der Waals surface area (Å²) in [4.78, 5) is 11.2. The minimum atomic E-state index is -0.0329. The molecule has 0 aliphatic heterocycles. The van der Waals surface area contributed by atoms with Crippen LogP contribution < -0.4 is 14.8 Å². The van der Waals surface area contributed by atoms with Crippen LogP contribution in [0.25, 0.3) is 0 Å². The molecule has 0 spiro atoms. The maximum atomic E-state index is 11.2. The Morgan fingerprint density at radius 1 is 1.08 bits per heavy atom. The summed E-state index contributed by atoms with van der Waals surface area (Å²) >= 11 is 5.84. The molecule has 24 heavy (non-hydrogen) atoms. The first-order valence-corrected chi connectivity index (χ1v) is 8.04. The highest BCUT2D eigenvalue weighted by molar-refractivity contribution is 6.30. The van der Waals surface area contributed by atoms with Gasteiger partial charge in [-0.25, -0.2) is 0 Å². The molecule has 1 N–H and O–H groups in total. The number of halogens is 1. The quantitative estimate of drug-likeness (QED) is 0.724. The zero-order valence-corrected chi connectivity index (χ0v) is 14.3. The molecule has 0 fully saturated rings. The van der Waals surface area contributed by atoms with Gasteiger partial charge in [-0.3, -0.25) is 4.79 Å². The number of rotatable bonds is 8. The van der Waals surface area contributed by atoms with Crippen LogP contribution in [-0.2, 0) is 11.4 Å². The Bertz CT molecular complexity index is 681. The molecule has 0 unspecified atom stereocenters. The van der Waals surface area contributed by atoms with Crippen LogP contribution in [0.2, 0.25) is 5.02 Å². The molecule has 0 bridgehead atoms. The van der Waals surface area contributed by atoms with Crippen molar-refractivity contribution in [3.05, 3.63) is 71.5 Å². The van der Waals surface area contributed by atoms with Gasteiger partial charge in [0.1, 0.15) is 23.9 Å². The highest BCUT2D eigenvalue weighted by Crippen LogP contribution is 2.18. The summed E-state index contributed by atoms with van der Waals surface area (Å²) in [6.07, 6.45) is 0.440. The molecule has 2 aromatic carbocycles. The van der Waals surface area contributed by atoms with E-state index in [0.717, 1.165) is 11.3 Å². The smallest absolute Gasteiger partial charge is 0.220 e. The number of benzene rings is 2. The van der Waals surface area contributed by atoms with E-state index in [1.807, 2.05) is 36.4 Å². The number of hydrogen-bond acceptors (Lipinski definition) is 3. The summed E-state index contributed by atoms with van der Waals surface area (Å²) in [6.45, 7) is 6.34. The van der Waals surface area contributed by atoms with E-state index in [-0.39, 0.29) is 5.91 Å². The monoisotopic (exact) mass is 345 g/mol. The molecule has 5 heteroatoms. The van der Waals surface area contributed by atoms with Gasteiger partial charge < -0.3 is 14.8 Å². The minimum absolute atomic E-state index is 0.0329. The molecule has 0 saturated carbocycles. The van der Waals surface area contributed by atoms with Crippen LogP contribution in [0.15, 0.2) is 60.9 Å². The summed E-state index contributed by atoms with van der Waals surface area (Å²) in [5, 5.41) is 3.39. The second kappa shape index (κ2) is 8.99. The van der Waals surface area contributed by atoms with Crippen molar-refractivity contribution in [1.29, 1.82) is 0 Å². The molecule has 0 aliphatic rings. The third kappa shape index (κ3) is 5.97. The van der Waals surface area contributed by atoms with E-state index in [0.29, 0.717) is 36.1 Å². The first-order chi connectivity index (χ1) is 11.6. The number of carbonyl (C=O) groups is 1. The Morgan fingerprint density at radius 3 is 2.33 bits per heavy atom. The number of carbonyl (C=O) groups excluding carboxylic acids is 1. The predicted octanol–water partition coefficient (Wildman–Crippen LogP) is 4.34. The van der Waals surface area contributed by atoms with Crippen molar-refractivity contribution in [2.75, 3.05) is 6.54 Å². The maximum absolute atomic E-state index is 11.2. The van der Waals surface area contributed by atoms with Gasteiger partial charge in [0.2, 0.25) is 5.91 Å². The lowest BCUT2D eigenvalue weighted by Gasteiger charge is -2.11. The van der Waals surface area contributed by atoms with Crippen LogP contribution in [0.1, 0.15) is 18.9 Å². The first kappa shape index (κ1) is 17.9. The number of amides is 1. The first-order valence-electron chi connectivity index (χ1n) is 7.66. The number of hydrogen-bond donors (Lipinski definition) is 1. The zero-order chi connectivity index (χ0) is 17.4. The summed E-state index contributed by atoms with van der Waals surface area (Å²) in [6, 6.07) is 14.8. The van der Waals surface area contributed by atoms with Crippen molar-refractivity contribution in [2.45, 2.75) is 20.0 Å². The lowest BCUT2D eigenvalue weighted by molar-refractivity contribution is -0.120. The van der Waals surface area contributed by atoms with E-state index in [4.69, 9.17) is 21.1 Å². The summed E-state index contributed by atoms with van der Waals surface area (Å²) in [5.74, 6) is 1.89. The Balaban J connectivity index is 1.80. The van der Waals surface area contributed by atoms with Gasteiger partial charge in [-0.15, -0.1) is 0 Å². The van der Waals surface area contributed by atoms with Gasteiger partial charge in [0, 0.05) is 11.4 Å². The van der Waals surface area contributed by atoms with E-state index in [1.54, 1.807) is 19.1 Å². The van der Waals surface area contributed by atoms with E-state index in [2.05, 4.69) is 11.9 Å². The standard InChI is InChI=1S/C19H20ClNO3/c1-3-19(22)21-12-14(2)24-18-8-4-15(5-9-18)13-23-17-10-6-16(20)7-11-17/h4-11H,2-3,12-13H2,1H3,(H,21,22). The lowest BCUT2D eigenvalue weighted by Crippen LogP contribution is -2.25. The SMILES string of the molecule is C=C(CNC(=O)CC)Oc1ccc(COc2ccc(Cl)cc2)cc1. The van der Waals surface area contributed by atoms with E-state index >= 15 is 0 Å². The van der Waals surface area contributed by atoms with E-state index in [9.17, 15) is 4.79 Å². The van der Waals surface area contributed by atoms with Gasteiger partial charge in [0.15, 0.2) is 0 Å². The van der Waals surface area contributed by atoms with Gasteiger partial charge >= 0.3 is 0 Å². The molecule has 0 aromatic heterocycles. The van der Waals surface area contributed by atoms with Crippen molar-refractivity contribution in [1.82, 2.24) is 5.32 Å². The average Bonchev–Trinajstić information content (AvgIpc) is 2.60. The molecule has 0 saturated heterocycles. The number of nitrogens with one attached hydrogen (secondary N) is 1. The Morgan fingerprint density at radius 2 is 1.71 bits per heavy atom. The van der Waals surface area contributed by atoms with E-state index in [1.165, 1.54) is 0 Å². The van der Waals surface area contributed by atoms with Crippen LogP contribution in [0.4, 0.5) is 0 Å². The molecular formula is C19H20ClNO3. The van der Waals surface area contributed by atoms with Crippen LogP contribution in [0.5, 0.6) is 11.5 Å². The highest BCUT2D eigenvalue weighted by Gasteiger charge is 2.02. The third-order valence-corrected chi connectivity index (χ3v) is 3.46. The van der Waals surface area contributed by atoms with Crippen molar-refractivity contribution in [2.24, 2.45) is 0 Å². The molecule has 4 nitrogen and oxygen atoms in total. The molecule has 0 radical (unpaired) electrons. The largest absolute Gasteiger partial charge is 0.489 e. The second-order valence-corrected chi connectivity index (χ2v) is 5.59. The average molecular weight is 346 g/mol. The lowest BCUT2D eigenvalue weighted by atomic mass is 10.2. The number of ether oxygens (including phenoxy) is 2. The Kier molecular flexibility index (Phi) is 6.70. The van der Waals surface area contributed by atoms with Crippen LogP contribution in [-0.4, -0.2) is 12.5 Å². The fourth-order valence-corrected chi connectivity index (χ4v) is 2.00. The normalized spacial score (nSPS) is 10.1.